The van der Waals surface area contributed by atoms with Gasteiger partial charge in [0, 0.05) is 22.6 Å². The van der Waals surface area contributed by atoms with Gasteiger partial charge in [-0.3, -0.25) is 4.79 Å². The summed E-state index contributed by atoms with van der Waals surface area (Å²) in [5.41, 5.74) is 2.66. The highest BCUT2D eigenvalue weighted by atomic mass is 35.5. The van der Waals surface area contributed by atoms with Crippen LogP contribution in [0, 0.1) is 6.92 Å². The number of aryl methyl sites for hydroxylation is 1. The Bertz CT molecular complexity index is 659. The maximum Gasteiger partial charge on any atom is 0.251 e. The zero-order valence-corrected chi connectivity index (χ0v) is 10.8. The van der Waals surface area contributed by atoms with Crippen molar-refractivity contribution in [1.29, 1.82) is 0 Å². The highest BCUT2D eigenvalue weighted by molar-refractivity contribution is 6.31. The average molecular weight is 261 g/mol. The molecular weight excluding hydrogens is 248 g/mol. The number of aromatic nitrogens is 2. The zero-order valence-electron chi connectivity index (χ0n) is 10.0. The minimum absolute atomic E-state index is 0.0985. The van der Waals surface area contributed by atoms with Gasteiger partial charge in [0.25, 0.3) is 5.56 Å². The Morgan fingerprint density at radius 1 is 1.33 bits per heavy atom. The number of nitrogens with one attached hydrogen (secondary N) is 1. The zero-order chi connectivity index (χ0) is 12.7. The summed E-state index contributed by atoms with van der Waals surface area (Å²) in [6.45, 7) is 1.95. The van der Waals surface area contributed by atoms with Gasteiger partial charge in [0.2, 0.25) is 0 Å². The molecule has 0 unspecified atom stereocenters. The van der Waals surface area contributed by atoms with E-state index in [0.717, 1.165) is 29.7 Å². The number of hydrogen-bond acceptors (Lipinski definition) is 2. The fraction of sp³-hybridized carbons (Fsp3) is 0.286. The molecule has 0 radical (unpaired) electrons. The molecule has 1 fully saturated rings. The molecule has 0 atom stereocenters. The van der Waals surface area contributed by atoms with Crippen LogP contribution in [0.4, 0.5) is 0 Å². The molecule has 92 valence electrons. The maximum atomic E-state index is 11.6. The molecule has 1 N–H and O–H groups in total. The average Bonchev–Trinajstić information content (AvgIpc) is 3.16. The highest BCUT2D eigenvalue weighted by Crippen LogP contribution is 2.38. The van der Waals surface area contributed by atoms with Gasteiger partial charge in [-0.25, -0.2) is 4.98 Å². The number of rotatable bonds is 2. The smallest absolute Gasteiger partial charge is 0.251 e. The van der Waals surface area contributed by atoms with E-state index < -0.39 is 0 Å². The van der Waals surface area contributed by atoms with E-state index in [1.165, 1.54) is 0 Å². The number of nitrogens with zero attached hydrogens (tertiary/aromatic N) is 1. The van der Waals surface area contributed by atoms with Gasteiger partial charge in [0.15, 0.2) is 0 Å². The molecule has 0 amide bonds. The number of H-pyrrole nitrogens is 1. The SMILES string of the molecule is Cc1ccc(-c2nc(C3CC3)cc(=O)[nH]2)cc1Cl. The molecule has 1 heterocycles. The first-order valence-corrected chi connectivity index (χ1v) is 6.39. The van der Waals surface area contributed by atoms with Gasteiger partial charge in [-0.2, -0.15) is 0 Å². The lowest BCUT2D eigenvalue weighted by atomic mass is 10.1. The molecule has 1 saturated carbocycles. The Morgan fingerprint density at radius 2 is 2.11 bits per heavy atom. The van der Waals surface area contributed by atoms with Crippen LogP contribution >= 0.6 is 11.6 Å². The van der Waals surface area contributed by atoms with Crippen LogP contribution in [-0.4, -0.2) is 9.97 Å². The van der Waals surface area contributed by atoms with Crippen molar-refractivity contribution in [2.75, 3.05) is 0 Å². The molecule has 0 saturated heterocycles. The molecule has 1 aliphatic carbocycles. The first kappa shape index (κ1) is 11.5. The van der Waals surface area contributed by atoms with Crippen molar-refractivity contribution in [2.45, 2.75) is 25.7 Å². The molecule has 0 aliphatic heterocycles. The largest absolute Gasteiger partial charge is 0.307 e. The first-order chi connectivity index (χ1) is 8.63. The normalized spacial score (nSPS) is 14.8. The van der Waals surface area contributed by atoms with Crippen LogP contribution in [-0.2, 0) is 0 Å². The maximum absolute atomic E-state index is 11.6. The molecule has 18 heavy (non-hydrogen) atoms. The summed E-state index contributed by atoms with van der Waals surface area (Å²) in [5, 5.41) is 0.687. The second-order valence-electron chi connectivity index (χ2n) is 4.76. The molecule has 0 spiro atoms. The molecule has 3 nitrogen and oxygen atoms in total. The molecule has 4 heteroatoms. The second kappa shape index (κ2) is 4.25. The molecule has 2 aromatic rings. The summed E-state index contributed by atoms with van der Waals surface area (Å²) in [7, 11) is 0. The molecule has 1 aliphatic rings. The summed E-state index contributed by atoms with van der Waals surface area (Å²) < 4.78 is 0. The summed E-state index contributed by atoms with van der Waals surface area (Å²) >= 11 is 6.10. The van der Waals surface area contributed by atoms with Crippen LogP contribution in [0.2, 0.25) is 5.02 Å². The van der Waals surface area contributed by atoms with Crippen LogP contribution in [0.25, 0.3) is 11.4 Å². The van der Waals surface area contributed by atoms with Crippen LogP contribution in [0.3, 0.4) is 0 Å². The van der Waals surface area contributed by atoms with Crippen molar-refractivity contribution in [3.63, 3.8) is 0 Å². The van der Waals surface area contributed by atoms with E-state index in [-0.39, 0.29) is 5.56 Å². The van der Waals surface area contributed by atoms with Gasteiger partial charge in [-0.05, 0) is 31.4 Å². The quantitative estimate of drug-likeness (QED) is 0.901. The van der Waals surface area contributed by atoms with Gasteiger partial charge >= 0.3 is 0 Å². The molecule has 1 aromatic carbocycles. The van der Waals surface area contributed by atoms with E-state index in [9.17, 15) is 4.79 Å². The molecular formula is C14H13ClN2O. The lowest BCUT2D eigenvalue weighted by molar-refractivity contribution is 0.977. The van der Waals surface area contributed by atoms with E-state index >= 15 is 0 Å². The molecule has 1 aromatic heterocycles. The monoisotopic (exact) mass is 260 g/mol. The minimum atomic E-state index is -0.0985. The fourth-order valence-corrected chi connectivity index (χ4v) is 2.12. The lowest BCUT2D eigenvalue weighted by Crippen LogP contribution is -2.09. The van der Waals surface area contributed by atoms with E-state index in [1.807, 2.05) is 25.1 Å². The van der Waals surface area contributed by atoms with Gasteiger partial charge in [-0.15, -0.1) is 0 Å². The van der Waals surface area contributed by atoms with Crippen molar-refractivity contribution >= 4 is 11.6 Å². The number of hydrogen-bond donors (Lipinski definition) is 1. The fourth-order valence-electron chi connectivity index (χ4n) is 1.94. The number of halogens is 1. The van der Waals surface area contributed by atoms with Crippen molar-refractivity contribution in [1.82, 2.24) is 9.97 Å². The van der Waals surface area contributed by atoms with E-state index in [1.54, 1.807) is 6.07 Å². The third kappa shape index (κ3) is 2.18. The summed E-state index contributed by atoms with van der Waals surface area (Å²) in [4.78, 5) is 18.9. The third-order valence-electron chi connectivity index (χ3n) is 3.20. The summed E-state index contributed by atoms with van der Waals surface area (Å²) in [5.74, 6) is 1.07. The van der Waals surface area contributed by atoms with Gasteiger partial charge in [-0.1, -0.05) is 23.7 Å². The number of benzene rings is 1. The number of aromatic amines is 1. The van der Waals surface area contributed by atoms with Crippen LogP contribution < -0.4 is 5.56 Å². The van der Waals surface area contributed by atoms with Gasteiger partial charge < -0.3 is 4.98 Å². The minimum Gasteiger partial charge on any atom is -0.307 e. The molecule has 3 rings (SSSR count). The topological polar surface area (TPSA) is 45.8 Å². The Kier molecular flexibility index (Phi) is 2.71. The van der Waals surface area contributed by atoms with Crippen molar-refractivity contribution < 1.29 is 0 Å². The Hall–Kier alpha value is -1.61. The Balaban J connectivity index is 2.09. The predicted molar refractivity (Wildman–Crippen MR) is 72.0 cm³/mol. The molecule has 0 bridgehead atoms. The summed E-state index contributed by atoms with van der Waals surface area (Å²) in [6.07, 6.45) is 2.26. The predicted octanol–water partition coefficient (Wildman–Crippen LogP) is 3.28. The summed E-state index contributed by atoms with van der Waals surface area (Å²) in [6, 6.07) is 7.29. The van der Waals surface area contributed by atoms with Crippen molar-refractivity contribution in [3.05, 3.63) is 50.9 Å². The third-order valence-corrected chi connectivity index (χ3v) is 3.61. The Labute approximate surface area is 110 Å². The van der Waals surface area contributed by atoms with Crippen LogP contribution in [0.5, 0.6) is 0 Å². The van der Waals surface area contributed by atoms with E-state index in [2.05, 4.69) is 9.97 Å². The van der Waals surface area contributed by atoms with E-state index in [0.29, 0.717) is 16.8 Å². The van der Waals surface area contributed by atoms with Gasteiger partial charge in [0.1, 0.15) is 5.82 Å². The van der Waals surface area contributed by atoms with Crippen LogP contribution in [0.15, 0.2) is 29.1 Å². The second-order valence-corrected chi connectivity index (χ2v) is 5.16. The standard InChI is InChI=1S/C14H13ClN2O/c1-8-2-3-10(6-11(8)15)14-16-12(9-4-5-9)7-13(18)17-14/h2-3,6-7,9H,4-5H2,1H3,(H,16,17,18). The lowest BCUT2D eigenvalue weighted by Gasteiger charge is -2.05. The van der Waals surface area contributed by atoms with Crippen molar-refractivity contribution in [3.8, 4) is 11.4 Å². The first-order valence-electron chi connectivity index (χ1n) is 6.01. The van der Waals surface area contributed by atoms with Crippen molar-refractivity contribution in [2.24, 2.45) is 0 Å². The van der Waals surface area contributed by atoms with Crippen LogP contribution in [0.1, 0.15) is 30.0 Å². The highest BCUT2D eigenvalue weighted by Gasteiger charge is 2.25. The Morgan fingerprint density at radius 3 is 2.78 bits per heavy atom. The van der Waals surface area contributed by atoms with Gasteiger partial charge in [0.05, 0.1) is 5.69 Å². The van der Waals surface area contributed by atoms with E-state index in [4.69, 9.17) is 11.6 Å².